The molecule has 0 unspecified atom stereocenters. The maximum atomic E-state index is 6.01. The largest absolute Gasteiger partial charge is 0.397 e. The van der Waals surface area contributed by atoms with Crippen LogP contribution in [0.2, 0.25) is 5.02 Å². The fourth-order valence-electron chi connectivity index (χ4n) is 1.92. The van der Waals surface area contributed by atoms with Gasteiger partial charge in [-0.25, -0.2) is 4.98 Å². The number of halogens is 1. The minimum absolute atomic E-state index is 0.585. The van der Waals surface area contributed by atoms with Crippen molar-refractivity contribution in [3.63, 3.8) is 0 Å². The van der Waals surface area contributed by atoms with E-state index in [1.54, 1.807) is 12.3 Å². The predicted octanol–water partition coefficient (Wildman–Crippen LogP) is 1.82. The van der Waals surface area contributed by atoms with Gasteiger partial charge < -0.3 is 16.0 Å². The second-order valence-electron chi connectivity index (χ2n) is 4.07. The number of anilines is 2. The smallest absolute Gasteiger partial charge is 0.144 e. The lowest BCUT2D eigenvalue weighted by Gasteiger charge is -2.15. The second kappa shape index (κ2) is 5.37. The van der Waals surface area contributed by atoms with Gasteiger partial charge in [0.05, 0.1) is 16.9 Å². The van der Waals surface area contributed by atoms with Crippen LogP contribution in [0.25, 0.3) is 0 Å². The SMILES string of the molecule is Nc1cnc(NCCN2CCCC2)c(Cl)c1. The van der Waals surface area contributed by atoms with Gasteiger partial charge in [0.1, 0.15) is 5.82 Å². The number of nitrogens with one attached hydrogen (secondary N) is 1. The molecular formula is C11H17ClN4. The van der Waals surface area contributed by atoms with Crippen molar-refractivity contribution in [1.29, 1.82) is 0 Å². The van der Waals surface area contributed by atoms with E-state index in [0.29, 0.717) is 10.7 Å². The highest BCUT2D eigenvalue weighted by atomic mass is 35.5. The minimum atomic E-state index is 0.585. The number of pyridine rings is 1. The third-order valence-electron chi connectivity index (χ3n) is 2.78. The van der Waals surface area contributed by atoms with E-state index in [1.165, 1.54) is 25.9 Å². The van der Waals surface area contributed by atoms with Crippen molar-refractivity contribution in [3.05, 3.63) is 17.3 Å². The van der Waals surface area contributed by atoms with E-state index in [1.807, 2.05) is 0 Å². The molecule has 0 spiro atoms. The fourth-order valence-corrected chi connectivity index (χ4v) is 2.16. The van der Waals surface area contributed by atoms with E-state index in [-0.39, 0.29) is 0 Å². The third-order valence-corrected chi connectivity index (χ3v) is 3.07. The molecule has 0 bridgehead atoms. The van der Waals surface area contributed by atoms with Gasteiger partial charge in [0.2, 0.25) is 0 Å². The van der Waals surface area contributed by atoms with Gasteiger partial charge in [0, 0.05) is 13.1 Å². The molecule has 3 N–H and O–H groups in total. The molecule has 2 heterocycles. The molecule has 0 radical (unpaired) electrons. The maximum absolute atomic E-state index is 6.01. The fraction of sp³-hybridized carbons (Fsp3) is 0.545. The van der Waals surface area contributed by atoms with E-state index in [4.69, 9.17) is 17.3 Å². The number of nitrogens with two attached hydrogens (primary N) is 1. The minimum Gasteiger partial charge on any atom is -0.397 e. The lowest BCUT2D eigenvalue weighted by atomic mass is 10.4. The molecule has 5 heteroatoms. The molecule has 2 rings (SSSR count). The molecule has 1 aromatic rings. The summed E-state index contributed by atoms with van der Waals surface area (Å²) >= 11 is 6.01. The van der Waals surface area contributed by atoms with Crippen LogP contribution in [0.5, 0.6) is 0 Å². The van der Waals surface area contributed by atoms with E-state index in [2.05, 4.69) is 15.2 Å². The number of hydrogen-bond donors (Lipinski definition) is 2. The van der Waals surface area contributed by atoms with Crippen molar-refractivity contribution in [3.8, 4) is 0 Å². The molecule has 1 saturated heterocycles. The Kier molecular flexibility index (Phi) is 3.85. The summed E-state index contributed by atoms with van der Waals surface area (Å²) in [5, 5.41) is 3.81. The van der Waals surface area contributed by atoms with Crippen molar-refractivity contribution >= 4 is 23.1 Å². The van der Waals surface area contributed by atoms with Gasteiger partial charge >= 0.3 is 0 Å². The Morgan fingerprint density at radius 2 is 2.19 bits per heavy atom. The van der Waals surface area contributed by atoms with Crippen LogP contribution < -0.4 is 11.1 Å². The molecule has 1 fully saturated rings. The van der Waals surface area contributed by atoms with Crippen LogP contribution in [0.4, 0.5) is 11.5 Å². The van der Waals surface area contributed by atoms with Gasteiger partial charge in [-0.1, -0.05) is 11.6 Å². The monoisotopic (exact) mass is 240 g/mol. The number of rotatable bonds is 4. The molecule has 1 aromatic heterocycles. The molecular weight excluding hydrogens is 224 g/mol. The molecule has 4 nitrogen and oxygen atoms in total. The van der Waals surface area contributed by atoms with Crippen molar-refractivity contribution in [2.45, 2.75) is 12.8 Å². The van der Waals surface area contributed by atoms with Crippen molar-refractivity contribution < 1.29 is 0 Å². The summed E-state index contributed by atoms with van der Waals surface area (Å²) in [5.41, 5.74) is 6.17. The van der Waals surface area contributed by atoms with Crippen LogP contribution in [-0.4, -0.2) is 36.1 Å². The number of aromatic nitrogens is 1. The van der Waals surface area contributed by atoms with Gasteiger partial charge in [-0.15, -0.1) is 0 Å². The highest BCUT2D eigenvalue weighted by molar-refractivity contribution is 6.33. The first-order valence-electron chi connectivity index (χ1n) is 5.63. The zero-order chi connectivity index (χ0) is 11.4. The highest BCUT2D eigenvalue weighted by Crippen LogP contribution is 2.20. The Bertz CT molecular complexity index is 350. The first-order valence-corrected chi connectivity index (χ1v) is 6.01. The average molecular weight is 241 g/mol. The van der Waals surface area contributed by atoms with Crippen LogP contribution in [0.15, 0.2) is 12.3 Å². The summed E-state index contributed by atoms with van der Waals surface area (Å²) in [7, 11) is 0. The highest BCUT2D eigenvalue weighted by Gasteiger charge is 2.10. The Balaban J connectivity index is 1.80. The van der Waals surface area contributed by atoms with Crippen LogP contribution in [0.1, 0.15) is 12.8 Å². The molecule has 0 aromatic carbocycles. The van der Waals surface area contributed by atoms with E-state index in [0.717, 1.165) is 18.9 Å². The van der Waals surface area contributed by atoms with E-state index < -0.39 is 0 Å². The molecule has 0 aliphatic carbocycles. The third kappa shape index (κ3) is 3.00. The normalized spacial score (nSPS) is 16.6. The molecule has 88 valence electrons. The van der Waals surface area contributed by atoms with Crippen LogP contribution in [0, 0.1) is 0 Å². The number of nitrogens with zero attached hydrogens (tertiary/aromatic N) is 2. The second-order valence-corrected chi connectivity index (χ2v) is 4.48. The summed E-state index contributed by atoms with van der Waals surface area (Å²) in [6, 6.07) is 1.72. The topological polar surface area (TPSA) is 54.2 Å². The summed E-state index contributed by atoms with van der Waals surface area (Å²) in [6.45, 7) is 4.34. The maximum Gasteiger partial charge on any atom is 0.144 e. The molecule has 1 aliphatic rings. The lowest BCUT2D eigenvalue weighted by Crippen LogP contribution is -2.26. The van der Waals surface area contributed by atoms with Gasteiger partial charge in [0.15, 0.2) is 0 Å². The summed E-state index contributed by atoms with van der Waals surface area (Å²) in [6.07, 6.45) is 4.26. The average Bonchev–Trinajstić information content (AvgIpc) is 2.74. The first kappa shape index (κ1) is 11.5. The Morgan fingerprint density at radius 1 is 1.44 bits per heavy atom. The summed E-state index contributed by atoms with van der Waals surface area (Å²) < 4.78 is 0. The Labute approximate surface area is 101 Å². The molecule has 0 amide bonds. The summed E-state index contributed by atoms with van der Waals surface area (Å²) in [5.74, 6) is 0.718. The number of nitrogen functional groups attached to an aromatic ring is 1. The van der Waals surface area contributed by atoms with Crippen LogP contribution in [-0.2, 0) is 0 Å². The van der Waals surface area contributed by atoms with Crippen molar-refractivity contribution in [2.24, 2.45) is 0 Å². The Morgan fingerprint density at radius 3 is 2.88 bits per heavy atom. The molecule has 0 saturated carbocycles. The number of hydrogen-bond acceptors (Lipinski definition) is 4. The van der Waals surface area contributed by atoms with Crippen LogP contribution in [0.3, 0.4) is 0 Å². The molecule has 1 aliphatic heterocycles. The molecule has 16 heavy (non-hydrogen) atoms. The lowest BCUT2D eigenvalue weighted by molar-refractivity contribution is 0.352. The van der Waals surface area contributed by atoms with E-state index in [9.17, 15) is 0 Å². The summed E-state index contributed by atoms with van der Waals surface area (Å²) in [4.78, 5) is 6.60. The predicted molar refractivity (Wildman–Crippen MR) is 67.8 cm³/mol. The Hall–Kier alpha value is -1.00. The van der Waals surface area contributed by atoms with Crippen molar-refractivity contribution in [2.75, 3.05) is 37.2 Å². The first-order chi connectivity index (χ1) is 7.75. The zero-order valence-corrected chi connectivity index (χ0v) is 10.0. The van der Waals surface area contributed by atoms with Crippen LogP contribution >= 0.6 is 11.6 Å². The molecule has 0 atom stereocenters. The van der Waals surface area contributed by atoms with Gasteiger partial charge in [-0.3, -0.25) is 0 Å². The van der Waals surface area contributed by atoms with Gasteiger partial charge in [-0.2, -0.15) is 0 Å². The van der Waals surface area contributed by atoms with Gasteiger partial charge in [0.25, 0.3) is 0 Å². The number of likely N-dealkylation sites (tertiary alicyclic amines) is 1. The van der Waals surface area contributed by atoms with Gasteiger partial charge in [-0.05, 0) is 32.0 Å². The zero-order valence-electron chi connectivity index (χ0n) is 9.25. The quantitative estimate of drug-likeness (QED) is 0.843. The standard InChI is InChI=1S/C11H17ClN4/c12-10-7-9(13)8-15-11(10)14-3-6-16-4-1-2-5-16/h7-8H,1-6,13H2,(H,14,15). The van der Waals surface area contributed by atoms with E-state index >= 15 is 0 Å². The van der Waals surface area contributed by atoms with Crippen molar-refractivity contribution in [1.82, 2.24) is 9.88 Å².